The van der Waals surface area contributed by atoms with Gasteiger partial charge in [0.2, 0.25) is 0 Å². The van der Waals surface area contributed by atoms with E-state index < -0.39 is 0 Å². The van der Waals surface area contributed by atoms with Crippen LogP contribution in [0.3, 0.4) is 0 Å². The summed E-state index contributed by atoms with van der Waals surface area (Å²) in [5.74, 6) is 0. The number of hydrogen-bond donors (Lipinski definition) is 0. The summed E-state index contributed by atoms with van der Waals surface area (Å²) in [6.07, 6.45) is 1.90. The Morgan fingerprint density at radius 3 is 1.94 bits per heavy atom. The molecule has 0 atom stereocenters. The number of para-hydroxylation sites is 3. The van der Waals surface area contributed by atoms with Gasteiger partial charge in [0.15, 0.2) is 0 Å². The molecule has 0 fully saturated rings. The lowest BCUT2D eigenvalue weighted by Gasteiger charge is -2.23. The third-order valence-electron chi connectivity index (χ3n) is 6.29. The molecule has 0 saturated carbocycles. The van der Waals surface area contributed by atoms with Crippen molar-refractivity contribution in [1.29, 1.82) is 0 Å². The Morgan fingerprint density at radius 2 is 1.35 bits per heavy atom. The topological polar surface area (TPSA) is 42.5 Å². The van der Waals surface area contributed by atoms with Gasteiger partial charge in [0.05, 0.1) is 29.7 Å². The third kappa shape index (κ3) is 4.86. The molecule has 0 saturated heterocycles. The molecule has 4 nitrogen and oxygen atoms in total. The third-order valence-corrected chi connectivity index (χ3v) is 6.29. The molecular formula is C30H34N4. The van der Waals surface area contributed by atoms with Crippen LogP contribution in [0.15, 0.2) is 70.6 Å². The molecule has 3 aromatic carbocycles. The Balaban J connectivity index is 1.79. The second-order valence-corrected chi connectivity index (χ2v) is 10.1. The molecule has 1 aromatic heterocycles. The van der Waals surface area contributed by atoms with Crippen molar-refractivity contribution in [2.24, 2.45) is 15.4 Å². The van der Waals surface area contributed by atoms with E-state index in [9.17, 15) is 0 Å². The van der Waals surface area contributed by atoms with Gasteiger partial charge in [-0.15, -0.1) is 0 Å². The zero-order valence-corrected chi connectivity index (χ0v) is 21.3. The average molecular weight is 451 g/mol. The maximum atomic E-state index is 5.18. The molecule has 0 unspecified atom stereocenters. The summed E-state index contributed by atoms with van der Waals surface area (Å²) >= 11 is 0. The first kappa shape index (κ1) is 23.6. The van der Waals surface area contributed by atoms with Crippen molar-refractivity contribution in [2.75, 3.05) is 0 Å². The van der Waals surface area contributed by atoms with Gasteiger partial charge in [-0.3, -0.25) is 14.7 Å². The minimum atomic E-state index is -0.103. The first-order chi connectivity index (χ1) is 16.1. The van der Waals surface area contributed by atoms with Gasteiger partial charge in [0.1, 0.15) is 5.69 Å². The fraction of sp³-hybridized carbons (Fsp3) is 0.300. The van der Waals surface area contributed by atoms with Gasteiger partial charge < -0.3 is 0 Å². The lowest BCUT2D eigenvalue weighted by atomic mass is 9.89. The summed E-state index contributed by atoms with van der Waals surface area (Å²) in [6.45, 7) is 15.7. The lowest BCUT2D eigenvalue weighted by Crippen LogP contribution is -2.26. The SMILES string of the molecule is Cc1cccc(C)c1/N=C/c1nn(C/C(=N/c2c(C)cccc2C)C(C)(C)C)c2ccccc12. The van der Waals surface area contributed by atoms with Crippen LogP contribution in [0, 0.1) is 33.1 Å². The van der Waals surface area contributed by atoms with E-state index >= 15 is 0 Å². The molecule has 0 spiro atoms. The molecule has 4 heteroatoms. The predicted octanol–water partition coefficient (Wildman–Crippen LogP) is 7.84. The fourth-order valence-corrected chi connectivity index (χ4v) is 4.20. The Bertz CT molecular complexity index is 1360. The molecule has 174 valence electrons. The quantitative estimate of drug-likeness (QED) is 0.286. The van der Waals surface area contributed by atoms with Crippen LogP contribution in [-0.2, 0) is 6.54 Å². The maximum Gasteiger partial charge on any atom is 0.111 e. The number of hydrogen-bond acceptors (Lipinski definition) is 3. The highest BCUT2D eigenvalue weighted by molar-refractivity contribution is 5.99. The van der Waals surface area contributed by atoms with Gasteiger partial charge in [-0.1, -0.05) is 75.4 Å². The van der Waals surface area contributed by atoms with Crippen LogP contribution in [0.4, 0.5) is 11.4 Å². The second kappa shape index (κ2) is 9.38. The highest BCUT2D eigenvalue weighted by Gasteiger charge is 2.22. The van der Waals surface area contributed by atoms with Crippen LogP contribution in [0.2, 0.25) is 0 Å². The van der Waals surface area contributed by atoms with Gasteiger partial charge in [0, 0.05) is 16.5 Å². The van der Waals surface area contributed by atoms with E-state index in [0.717, 1.165) is 44.8 Å². The number of nitrogens with zero attached hydrogens (tertiary/aromatic N) is 4. The Labute approximate surface area is 203 Å². The van der Waals surface area contributed by atoms with Gasteiger partial charge >= 0.3 is 0 Å². The van der Waals surface area contributed by atoms with Crippen molar-refractivity contribution in [2.45, 2.75) is 55.0 Å². The van der Waals surface area contributed by atoms with Crippen LogP contribution < -0.4 is 0 Å². The van der Waals surface area contributed by atoms with Gasteiger partial charge in [-0.25, -0.2) is 0 Å². The molecule has 0 aliphatic carbocycles. The number of benzene rings is 3. The van der Waals surface area contributed by atoms with Crippen LogP contribution in [-0.4, -0.2) is 21.7 Å². The molecule has 0 amide bonds. The summed E-state index contributed by atoms with van der Waals surface area (Å²) in [5, 5.41) is 6.09. The number of rotatable bonds is 5. The number of fused-ring (bicyclic) bond motifs is 1. The van der Waals surface area contributed by atoms with Crippen LogP contribution in [0.25, 0.3) is 10.9 Å². The first-order valence-corrected chi connectivity index (χ1v) is 11.9. The highest BCUT2D eigenvalue weighted by Crippen LogP contribution is 2.29. The molecule has 0 aliphatic heterocycles. The molecule has 0 radical (unpaired) electrons. The van der Waals surface area contributed by atoms with Crippen LogP contribution >= 0.6 is 0 Å². The maximum absolute atomic E-state index is 5.18. The van der Waals surface area contributed by atoms with E-state index in [-0.39, 0.29) is 5.41 Å². The van der Waals surface area contributed by atoms with Crippen molar-refractivity contribution in [1.82, 2.24) is 9.78 Å². The Hall–Kier alpha value is -3.53. The molecule has 1 heterocycles. The zero-order chi connectivity index (χ0) is 24.5. The normalized spacial score (nSPS) is 12.7. The Morgan fingerprint density at radius 1 is 0.794 bits per heavy atom. The van der Waals surface area contributed by atoms with Crippen molar-refractivity contribution in [3.8, 4) is 0 Å². The van der Waals surface area contributed by atoms with Crippen molar-refractivity contribution in [3.63, 3.8) is 0 Å². The summed E-state index contributed by atoms with van der Waals surface area (Å²) in [5.41, 5.74) is 9.72. The summed E-state index contributed by atoms with van der Waals surface area (Å²) in [6, 6.07) is 20.9. The van der Waals surface area contributed by atoms with Crippen molar-refractivity contribution in [3.05, 3.63) is 88.6 Å². The predicted molar refractivity (Wildman–Crippen MR) is 145 cm³/mol. The van der Waals surface area contributed by atoms with Crippen molar-refractivity contribution >= 4 is 34.2 Å². The van der Waals surface area contributed by atoms with Gasteiger partial charge in [0.25, 0.3) is 0 Å². The molecule has 0 N–H and O–H groups in total. The van der Waals surface area contributed by atoms with E-state index in [4.69, 9.17) is 15.1 Å². The Kier molecular flexibility index (Phi) is 6.52. The molecule has 4 aromatic rings. The fourth-order valence-electron chi connectivity index (χ4n) is 4.20. The van der Waals surface area contributed by atoms with E-state index in [1.54, 1.807) is 0 Å². The molecule has 0 bridgehead atoms. The average Bonchev–Trinajstić information content (AvgIpc) is 3.12. The number of aryl methyl sites for hydroxylation is 4. The summed E-state index contributed by atoms with van der Waals surface area (Å²) < 4.78 is 2.07. The largest absolute Gasteiger partial charge is 0.259 e. The van der Waals surface area contributed by atoms with Crippen LogP contribution in [0.1, 0.15) is 48.7 Å². The van der Waals surface area contributed by atoms with E-state index in [1.165, 1.54) is 11.1 Å². The van der Waals surface area contributed by atoms with Gasteiger partial charge in [-0.05, 0) is 56.0 Å². The first-order valence-electron chi connectivity index (χ1n) is 11.9. The summed E-state index contributed by atoms with van der Waals surface area (Å²) in [7, 11) is 0. The molecular weight excluding hydrogens is 416 g/mol. The standard InChI is InChI=1S/C30H34N4/c1-20-12-10-13-21(2)28(20)31-18-25-24-16-8-9-17-26(24)34(33-25)19-27(30(5,6)7)32-29-22(3)14-11-15-23(29)4/h8-18H,19H2,1-7H3/b31-18+,32-27-. The smallest absolute Gasteiger partial charge is 0.111 e. The second-order valence-electron chi connectivity index (χ2n) is 10.1. The monoisotopic (exact) mass is 450 g/mol. The number of aliphatic imine (C=N–C) groups is 2. The zero-order valence-electron chi connectivity index (χ0n) is 21.3. The molecule has 0 aliphatic rings. The van der Waals surface area contributed by atoms with E-state index in [0.29, 0.717) is 6.54 Å². The highest BCUT2D eigenvalue weighted by atomic mass is 15.3. The molecule has 4 rings (SSSR count). The van der Waals surface area contributed by atoms with Crippen LogP contribution in [0.5, 0.6) is 0 Å². The minimum absolute atomic E-state index is 0.103. The van der Waals surface area contributed by atoms with E-state index in [2.05, 4.69) is 114 Å². The van der Waals surface area contributed by atoms with Crippen molar-refractivity contribution < 1.29 is 0 Å². The minimum Gasteiger partial charge on any atom is -0.259 e. The molecule has 34 heavy (non-hydrogen) atoms. The lowest BCUT2D eigenvalue weighted by molar-refractivity contribution is 0.560. The number of aromatic nitrogens is 2. The van der Waals surface area contributed by atoms with E-state index in [1.807, 2.05) is 6.21 Å². The summed E-state index contributed by atoms with van der Waals surface area (Å²) in [4.78, 5) is 10.0. The van der Waals surface area contributed by atoms with Gasteiger partial charge in [-0.2, -0.15) is 5.10 Å².